The molecule has 0 aliphatic heterocycles. The number of thiophene rings is 1. The van der Waals surface area contributed by atoms with Crippen LogP contribution in [-0.2, 0) is 4.79 Å². The monoisotopic (exact) mass is 223 g/mol. The van der Waals surface area contributed by atoms with Crippen LogP contribution in [0.15, 0.2) is 5.38 Å². The number of hydrogen-bond donors (Lipinski definition) is 1. The standard InChI is InChI=1S/C7H7Cl2NOS/c1-4-3-12-7(9)6(4)10-5(11)2-8/h3H,2H2,1H3,(H,10,11). The maximum absolute atomic E-state index is 10.9. The van der Waals surface area contributed by atoms with Gasteiger partial charge < -0.3 is 5.32 Å². The van der Waals surface area contributed by atoms with Crippen LogP contribution >= 0.6 is 34.5 Å². The minimum Gasteiger partial charge on any atom is -0.323 e. The molecule has 12 heavy (non-hydrogen) atoms. The Kier molecular flexibility index (Phi) is 3.38. The van der Waals surface area contributed by atoms with E-state index in [0.717, 1.165) is 5.56 Å². The van der Waals surface area contributed by atoms with E-state index in [1.165, 1.54) is 11.3 Å². The normalized spacial score (nSPS) is 9.92. The zero-order chi connectivity index (χ0) is 9.14. The third kappa shape index (κ3) is 2.12. The fraction of sp³-hybridized carbons (Fsp3) is 0.286. The molecule has 1 aromatic heterocycles. The predicted octanol–water partition coefficient (Wildman–Crippen LogP) is 2.89. The Bertz CT molecular complexity index is 278. The van der Waals surface area contributed by atoms with E-state index in [2.05, 4.69) is 5.32 Å². The number of carbonyl (C=O) groups excluding carboxylic acids is 1. The number of anilines is 1. The molecule has 0 aliphatic carbocycles. The van der Waals surface area contributed by atoms with E-state index in [9.17, 15) is 4.79 Å². The lowest BCUT2D eigenvalue weighted by Crippen LogP contribution is -2.12. The number of rotatable bonds is 2. The smallest absolute Gasteiger partial charge is 0.239 e. The summed E-state index contributed by atoms with van der Waals surface area (Å²) < 4.78 is 0.589. The fourth-order valence-corrected chi connectivity index (χ4v) is 1.86. The lowest BCUT2D eigenvalue weighted by atomic mass is 10.3. The van der Waals surface area contributed by atoms with Gasteiger partial charge in [0, 0.05) is 0 Å². The Balaban J connectivity index is 2.80. The highest BCUT2D eigenvalue weighted by molar-refractivity contribution is 7.15. The molecular formula is C7H7Cl2NOS. The maximum Gasteiger partial charge on any atom is 0.239 e. The number of aryl methyl sites for hydroxylation is 1. The third-order valence-corrected chi connectivity index (χ3v) is 2.90. The minimum absolute atomic E-state index is 0.0500. The molecule has 0 aromatic carbocycles. The van der Waals surface area contributed by atoms with Crippen molar-refractivity contribution in [2.24, 2.45) is 0 Å². The predicted molar refractivity (Wildman–Crippen MR) is 53.4 cm³/mol. The number of nitrogens with one attached hydrogen (secondary N) is 1. The van der Waals surface area contributed by atoms with Gasteiger partial charge in [0.1, 0.15) is 10.2 Å². The van der Waals surface area contributed by atoms with Crippen molar-refractivity contribution in [3.63, 3.8) is 0 Å². The first-order valence-electron chi connectivity index (χ1n) is 3.24. The number of hydrogen-bond acceptors (Lipinski definition) is 2. The van der Waals surface area contributed by atoms with Crippen molar-refractivity contribution in [1.29, 1.82) is 0 Å². The van der Waals surface area contributed by atoms with Crippen LogP contribution in [0.1, 0.15) is 5.56 Å². The third-order valence-electron chi connectivity index (χ3n) is 1.32. The van der Waals surface area contributed by atoms with Crippen LogP contribution in [0.5, 0.6) is 0 Å². The van der Waals surface area contributed by atoms with Gasteiger partial charge in [-0.2, -0.15) is 0 Å². The van der Waals surface area contributed by atoms with Gasteiger partial charge in [-0.05, 0) is 17.9 Å². The van der Waals surface area contributed by atoms with Crippen molar-refractivity contribution in [3.05, 3.63) is 15.3 Å². The highest BCUT2D eigenvalue weighted by Gasteiger charge is 2.08. The molecule has 0 saturated heterocycles. The van der Waals surface area contributed by atoms with Gasteiger partial charge in [-0.3, -0.25) is 4.79 Å². The molecule has 0 fully saturated rings. The molecule has 2 nitrogen and oxygen atoms in total. The Morgan fingerprint density at radius 2 is 2.42 bits per heavy atom. The van der Waals surface area contributed by atoms with Crippen molar-refractivity contribution in [2.45, 2.75) is 6.92 Å². The van der Waals surface area contributed by atoms with E-state index < -0.39 is 0 Å². The van der Waals surface area contributed by atoms with Gasteiger partial charge in [-0.15, -0.1) is 22.9 Å². The quantitative estimate of drug-likeness (QED) is 0.769. The molecule has 1 rings (SSSR count). The lowest BCUT2D eigenvalue weighted by molar-refractivity contribution is -0.113. The molecule has 0 aliphatic rings. The molecule has 0 atom stereocenters. The Morgan fingerprint density at radius 3 is 2.83 bits per heavy atom. The van der Waals surface area contributed by atoms with E-state index in [-0.39, 0.29) is 11.8 Å². The second-order valence-corrected chi connectivity index (χ2v) is 4.00. The zero-order valence-corrected chi connectivity index (χ0v) is 8.69. The molecule has 1 amide bonds. The molecular weight excluding hydrogens is 217 g/mol. The van der Waals surface area contributed by atoms with E-state index in [1.807, 2.05) is 12.3 Å². The second kappa shape index (κ2) is 4.12. The maximum atomic E-state index is 10.9. The molecule has 1 aromatic rings. The van der Waals surface area contributed by atoms with Crippen molar-refractivity contribution in [3.8, 4) is 0 Å². The highest BCUT2D eigenvalue weighted by atomic mass is 35.5. The summed E-state index contributed by atoms with van der Waals surface area (Å²) in [6.07, 6.45) is 0. The number of alkyl halides is 1. The van der Waals surface area contributed by atoms with Gasteiger partial charge in [-0.25, -0.2) is 0 Å². The summed E-state index contributed by atoms with van der Waals surface area (Å²) >= 11 is 12.5. The first kappa shape index (κ1) is 9.84. The fourth-order valence-electron chi connectivity index (χ4n) is 0.734. The first-order chi connectivity index (χ1) is 5.65. The highest BCUT2D eigenvalue weighted by Crippen LogP contribution is 2.32. The average Bonchev–Trinajstić information content (AvgIpc) is 2.35. The number of carbonyl (C=O) groups is 1. The Morgan fingerprint density at radius 1 is 1.75 bits per heavy atom. The second-order valence-electron chi connectivity index (χ2n) is 2.25. The molecule has 1 heterocycles. The van der Waals surface area contributed by atoms with Gasteiger partial charge in [0.2, 0.25) is 5.91 Å². The SMILES string of the molecule is Cc1csc(Cl)c1NC(=O)CCl. The summed E-state index contributed by atoms with van der Waals surface area (Å²) in [6.45, 7) is 1.88. The summed E-state index contributed by atoms with van der Waals surface area (Å²) in [5.41, 5.74) is 1.63. The zero-order valence-electron chi connectivity index (χ0n) is 6.36. The summed E-state index contributed by atoms with van der Waals surface area (Å²) in [5.74, 6) is -0.286. The number of halogens is 2. The van der Waals surface area contributed by atoms with Crippen LogP contribution in [0.2, 0.25) is 4.34 Å². The van der Waals surface area contributed by atoms with Crippen LogP contribution in [0.3, 0.4) is 0 Å². The van der Waals surface area contributed by atoms with E-state index >= 15 is 0 Å². The van der Waals surface area contributed by atoms with Gasteiger partial charge in [0.25, 0.3) is 0 Å². The van der Waals surface area contributed by atoms with Crippen LogP contribution in [0, 0.1) is 6.92 Å². The molecule has 1 N–H and O–H groups in total. The van der Waals surface area contributed by atoms with Crippen LogP contribution < -0.4 is 5.32 Å². The largest absolute Gasteiger partial charge is 0.323 e. The summed E-state index contributed by atoms with van der Waals surface area (Å²) in [6, 6.07) is 0. The molecule has 0 unspecified atom stereocenters. The topological polar surface area (TPSA) is 29.1 Å². The van der Waals surface area contributed by atoms with Gasteiger partial charge in [0.05, 0.1) is 5.69 Å². The Labute approximate surface area is 84.5 Å². The van der Waals surface area contributed by atoms with Crippen molar-refractivity contribution in [1.82, 2.24) is 0 Å². The van der Waals surface area contributed by atoms with Crippen LogP contribution in [0.4, 0.5) is 5.69 Å². The summed E-state index contributed by atoms with van der Waals surface area (Å²) in [4.78, 5) is 10.9. The Hall–Kier alpha value is -0.250. The summed E-state index contributed by atoms with van der Waals surface area (Å²) in [7, 11) is 0. The first-order valence-corrected chi connectivity index (χ1v) is 5.03. The van der Waals surface area contributed by atoms with Crippen molar-refractivity contribution >= 4 is 46.1 Å². The van der Waals surface area contributed by atoms with Crippen molar-refractivity contribution < 1.29 is 4.79 Å². The molecule has 0 saturated carbocycles. The van der Waals surface area contributed by atoms with Gasteiger partial charge in [-0.1, -0.05) is 11.6 Å². The van der Waals surface area contributed by atoms with E-state index in [4.69, 9.17) is 23.2 Å². The van der Waals surface area contributed by atoms with Gasteiger partial charge in [0.15, 0.2) is 0 Å². The van der Waals surface area contributed by atoms with E-state index in [1.54, 1.807) is 0 Å². The summed E-state index contributed by atoms with van der Waals surface area (Å²) in [5, 5.41) is 4.50. The van der Waals surface area contributed by atoms with Gasteiger partial charge >= 0.3 is 0 Å². The molecule has 5 heteroatoms. The molecule has 66 valence electrons. The lowest BCUT2D eigenvalue weighted by Gasteiger charge is -2.01. The number of amides is 1. The minimum atomic E-state index is -0.236. The molecule has 0 bridgehead atoms. The van der Waals surface area contributed by atoms with E-state index in [0.29, 0.717) is 10.0 Å². The molecule has 0 radical (unpaired) electrons. The average molecular weight is 224 g/mol. The van der Waals surface area contributed by atoms with Crippen LogP contribution in [-0.4, -0.2) is 11.8 Å². The molecule has 0 spiro atoms. The van der Waals surface area contributed by atoms with Crippen molar-refractivity contribution in [2.75, 3.05) is 11.2 Å². The van der Waals surface area contributed by atoms with Crippen LogP contribution in [0.25, 0.3) is 0 Å².